The van der Waals surface area contributed by atoms with Crippen molar-refractivity contribution in [1.29, 1.82) is 0 Å². The fraction of sp³-hybridized carbons (Fsp3) is 0.143. The Bertz CT molecular complexity index is 682. The van der Waals surface area contributed by atoms with Crippen LogP contribution in [0.2, 0.25) is 0 Å². The Morgan fingerprint density at radius 1 is 0.900 bits per heavy atom. The van der Waals surface area contributed by atoms with Gasteiger partial charge >= 0.3 is 0 Å². The summed E-state index contributed by atoms with van der Waals surface area (Å²) in [6.45, 7) is 0.103. The molecule has 3 nitrogen and oxygen atoms in total. The van der Waals surface area contributed by atoms with Crippen molar-refractivity contribution < 1.29 is 22.9 Å². The molecule has 0 heterocycles. The highest BCUT2D eigenvalue weighted by molar-refractivity contribution is 7.91. The van der Waals surface area contributed by atoms with Crippen LogP contribution in [0, 0.1) is 11.6 Å². The number of sulfone groups is 1. The lowest BCUT2D eigenvalue weighted by atomic mass is 10.1. The molecule has 20 heavy (non-hydrogen) atoms. The Kier molecular flexibility index (Phi) is 4.15. The average molecular weight is 298 g/mol. The molecule has 2 aromatic rings. The van der Waals surface area contributed by atoms with E-state index in [1.807, 2.05) is 0 Å². The topological polar surface area (TPSA) is 61.8 Å². The molecule has 0 radical (unpaired) electrons. The number of rotatable bonds is 4. The minimum Gasteiger partial charge on any atom is -0.356 e. The molecule has 0 saturated heterocycles. The number of halogens is 2. The van der Waals surface area contributed by atoms with Gasteiger partial charge in [0.05, 0.1) is 11.4 Å². The second-order valence-electron chi connectivity index (χ2n) is 4.33. The van der Waals surface area contributed by atoms with Crippen LogP contribution in [-0.4, -0.2) is 15.0 Å². The van der Waals surface area contributed by atoms with Gasteiger partial charge in [-0.1, -0.05) is 12.1 Å². The van der Waals surface area contributed by atoms with Crippen molar-refractivity contribution in [1.82, 2.24) is 0 Å². The number of quaternary nitrogens is 1. The van der Waals surface area contributed by atoms with Gasteiger partial charge in [-0.2, -0.15) is 0 Å². The maximum absolute atomic E-state index is 12.9. The van der Waals surface area contributed by atoms with Crippen molar-refractivity contribution in [2.75, 3.05) is 6.54 Å². The second kappa shape index (κ2) is 5.68. The van der Waals surface area contributed by atoms with Crippen molar-refractivity contribution in [3.8, 4) is 0 Å². The van der Waals surface area contributed by atoms with Gasteiger partial charge in [-0.05, 0) is 42.0 Å². The summed E-state index contributed by atoms with van der Waals surface area (Å²) in [7, 11) is -3.69. The third-order valence-electron chi connectivity index (χ3n) is 3.02. The monoisotopic (exact) mass is 298 g/mol. The van der Waals surface area contributed by atoms with Gasteiger partial charge in [0.15, 0.2) is 9.84 Å². The van der Waals surface area contributed by atoms with Crippen LogP contribution in [0.15, 0.2) is 53.4 Å². The highest BCUT2D eigenvalue weighted by Crippen LogP contribution is 2.28. The molecular formula is C14H14F2NO2S+. The Balaban J connectivity index is 2.44. The zero-order valence-corrected chi connectivity index (χ0v) is 11.4. The van der Waals surface area contributed by atoms with Crippen LogP contribution in [0.4, 0.5) is 8.78 Å². The van der Waals surface area contributed by atoms with Gasteiger partial charge in [-0.15, -0.1) is 0 Å². The summed E-state index contributed by atoms with van der Waals surface area (Å²) in [6, 6.07) is 9.89. The van der Waals surface area contributed by atoms with Gasteiger partial charge in [0.2, 0.25) is 0 Å². The van der Waals surface area contributed by atoms with Gasteiger partial charge in [-0.25, -0.2) is 17.2 Å². The van der Waals surface area contributed by atoms with Gasteiger partial charge < -0.3 is 5.73 Å². The number of benzene rings is 2. The molecule has 0 aliphatic rings. The second-order valence-corrected chi connectivity index (χ2v) is 6.46. The van der Waals surface area contributed by atoms with Crippen molar-refractivity contribution in [3.63, 3.8) is 0 Å². The molecule has 3 N–H and O–H groups in total. The van der Waals surface area contributed by atoms with Crippen LogP contribution in [0.3, 0.4) is 0 Å². The van der Waals surface area contributed by atoms with Crippen LogP contribution in [-0.2, 0) is 9.84 Å². The lowest BCUT2D eigenvalue weighted by molar-refractivity contribution is -0.367. The summed E-state index contributed by atoms with van der Waals surface area (Å²) >= 11 is 0. The summed E-state index contributed by atoms with van der Waals surface area (Å²) < 4.78 is 50.8. The van der Waals surface area contributed by atoms with E-state index in [1.165, 1.54) is 36.4 Å². The molecule has 106 valence electrons. The lowest BCUT2D eigenvalue weighted by Crippen LogP contribution is -2.54. The SMILES string of the molecule is [NH3+]C[C@H](c1ccc(F)cc1)S(=O)(=O)c1ccc(F)cc1. The Labute approximate surface area is 116 Å². The molecule has 0 amide bonds. The predicted molar refractivity (Wildman–Crippen MR) is 70.5 cm³/mol. The van der Waals surface area contributed by atoms with E-state index >= 15 is 0 Å². The van der Waals surface area contributed by atoms with Gasteiger partial charge in [0, 0.05) is 0 Å². The third kappa shape index (κ3) is 2.86. The first-order valence-electron chi connectivity index (χ1n) is 5.99. The Morgan fingerprint density at radius 2 is 1.35 bits per heavy atom. The maximum Gasteiger partial charge on any atom is 0.190 e. The molecule has 0 unspecified atom stereocenters. The first kappa shape index (κ1) is 14.6. The summed E-state index contributed by atoms with van der Waals surface area (Å²) in [5.74, 6) is -0.937. The maximum atomic E-state index is 12.9. The third-order valence-corrected chi connectivity index (χ3v) is 5.21. The van der Waals surface area contributed by atoms with Crippen LogP contribution in [0.5, 0.6) is 0 Å². The van der Waals surface area contributed by atoms with E-state index in [-0.39, 0.29) is 11.4 Å². The molecule has 0 aliphatic heterocycles. The van der Waals surface area contributed by atoms with Crippen molar-refractivity contribution in [3.05, 3.63) is 65.7 Å². The van der Waals surface area contributed by atoms with E-state index in [1.54, 1.807) is 0 Å². The minimum atomic E-state index is -3.69. The summed E-state index contributed by atoms with van der Waals surface area (Å²) in [5, 5.41) is -0.881. The molecule has 0 aliphatic carbocycles. The smallest absolute Gasteiger partial charge is 0.190 e. The van der Waals surface area contributed by atoms with Crippen LogP contribution in [0.1, 0.15) is 10.8 Å². The summed E-state index contributed by atoms with van der Waals surface area (Å²) in [6.07, 6.45) is 0. The molecule has 0 saturated carbocycles. The Hall–Kier alpha value is -1.79. The van der Waals surface area contributed by atoms with Crippen LogP contribution in [0.25, 0.3) is 0 Å². The highest BCUT2D eigenvalue weighted by Gasteiger charge is 2.29. The molecule has 0 aromatic heterocycles. The van der Waals surface area contributed by atoms with E-state index in [2.05, 4.69) is 5.73 Å². The molecule has 0 fully saturated rings. The molecule has 0 spiro atoms. The van der Waals surface area contributed by atoms with Crippen LogP contribution < -0.4 is 5.73 Å². The fourth-order valence-electron chi connectivity index (χ4n) is 1.97. The zero-order chi connectivity index (χ0) is 14.8. The summed E-state index contributed by atoms with van der Waals surface area (Å²) in [4.78, 5) is 0.0249. The van der Waals surface area contributed by atoms with E-state index < -0.39 is 26.7 Å². The molecular weight excluding hydrogens is 284 g/mol. The zero-order valence-electron chi connectivity index (χ0n) is 10.6. The van der Waals surface area contributed by atoms with Gasteiger partial charge in [0.25, 0.3) is 0 Å². The van der Waals surface area contributed by atoms with E-state index in [0.717, 1.165) is 12.1 Å². The predicted octanol–water partition coefficient (Wildman–Crippen LogP) is 1.72. The fourth-order valence-corrected chi connectivity index (χ4v) is 3.64. The minimum absolute atomic E-state index is 0.0249. The molecule has 2 rings (SSSR count). The van der Waals surface area contributed by atoms with Crippen molar-refractivity contribution in [2.45, 2.75) is 10.1 Å². The molecule has 2 aromatic carbocycles. The Morgan fingerprint density at radius 3 is 1.80 bits per heavy atom. The van der Waals surface area contributed by atoms with E-state index in [9.17, 15) is 17.2 Å². The first-order valence-corrected chi connectivity index (χ1v) is 7.54. The van der Waals surface area contributed by atoms with Crippen molar-refractivity contribution >= 4 is 9.84 Å². The quantitative estimate of drug-likeness (QED) is 0.874. The molecule has 0 bridgehead atoms. The van der Waals surface area contributed by atoms with Crippen molar-refractivity contribution in [2.24, 2.45) is 0 Å². The average Bonchev–Trinajstić information content (AvgIpc) is 2.42. The molecule has 6 heteroatoms. The van der Waals surface area contributed by atoms with Gasteiger partial charge in [0.1, 0.15) is 16.9 Å². The largest absolute Gasteiger partial charge is 0.356 e. The normalized spacial score (nSPS) is 13.2. The van der Waals surface area contributed by atoms with Gasteiger partial charge in [-0.3, -0.25) is 0 Å². The van der Waals surface area contributed by atoms with Crippen LogP contribution >= 0.6 is 0 Å². The number of hydrogen-bond donors (Lipinski definition) is 1. The molecule has 1 atom stereocenters. The first-order chi connectivity index (χ1) is 9.45. The number of hydrogen-bond acceptors (Lipinski definition) is 2. The standard InChI is InChI=1S/C14H13F2NO2S/c15-11-3-1-10(2-4-11)14(9-17)20(18,19)13-7-5-12(16)6-8-13/h1-8,14H,9,17H2/p+1/t14-/m1/s1. The summed E-state index contributed by atoms with van der Waals surface area (Å²) in [5.41, 5.74) is 4.11. The highest BCUT2D eigenvalue weighted by atomic mass is 32.2. The van der Waals surface area contributed by atoms with E-state index in [4.69, 9.17) is 0 Å². The van der Waals surface area contributed by atoms with E-state index in [0.29, 0.717) is 5.56 Å². The lowest BCUT2D eigenvalue weighted by Gasteiger charge is -2.14.